The molecule has 19 heavy (non-hydrogen) atoms. The van der Waals surface area contributed by atoms with Gasteiger partial charge in [0.1, 0.15) is 0 Å². The number of tetrazole rings is 1. The van der Waals surface area contributed by atoms with Crippen molar-refractivity contribution in [3.63, 3.8) is 0 Å². The van der Waals surface area contributed by atoms with E-state index in [1.54, 1.807) is 4.80 Å². The van der Waals surface area contributed by atoms with Crippen LogP contribution in [0.25, 0.3) is 11.4 Å². The lowest BCUT2D eigenvalue weighted by Gasteiger charge is -2.18. The first-order valence-corrected chi connectivity index (χ1v) is 6.78. The normalized spacial score (nSPS) is 14.3. The first kappa shape index (κ1) is 13.7. The highest BCUT2D eigenvalue weighted by Gasteiger charge is 2.17. The van der Waals surface area contributed by atoms with Gasteiger partial charge in [0.25, 0.3) is 0 Å². The van der Waals surface area contributed by atoms with Crippen molar-refractivity contribution in [2.24, 2.45) is 5.92 Å². The Morgan fingerprint density at radius 1 is 1.21 bits per heavy atom. The summed E-state index contributed by atoms with van der Waals surface area (Å²) >= 11 is 0. The Bertz CT molecular complexity index is 494. The van der Waals surface area contributed by atoms with E-state index in [2.05, 4.69) is 41.5 Å². The minimum Gasteiger partial charge on any atom is -0.317 e. The van der Waals surface area contributed by atoms with Gasteiger partial charge in [-0.1, -0.05) is 44.2 Å². The fraction of sp³-hybridized carbons (Fsp3) is 0.500. The number of nitrogens with one attached hydrogen (secondary N) is 1. The van der Waals surface area contributed by atoms with Gasteiger partial charge in [0.15, 0.2) is 0 Å². The van der Waals surface area contributed by atoms with Crippen LogP contribution in [-0.2, 0) is 0 Å². The molecule has 1 aromatic carbocycles. The molecule has 0 fully saturated rings. The smallest absolute Gasteiger partial charge is 0.204 e. The van der Waals surface area contributed by atoms with Gasteiger partial charge in [0.2, 0.25) is 5.82 Å². The molecule has 0 amide bonds. The van der Waals surface area contributed by atoms with Crippen LogP contribution in [0, 0.1) is 5.92 Å². The van der Waals surface area contributed by atoms with Crippen LogP contribution >= 0.6 is 0 Å². The molecule has 2 aromatic rings. The summed E-state index contributed by atoms with van der Waals surface area (Å²) in [6.07, 6.45) is 0. The summed E-state index contributed by atoms with van der Waals surface area (Å²) in [7, 11) is 0. The summed E-state index contributed by atoms with van der Waals surface area (Å²) in [6.45, 7) is 8.37. The first-order chi connectivity index (χ1) is 9.22. The highest BCUT2D eigenvalue weighted by molar-refractivity contribution is 5.52. The molecule has 2 unspecified atom stereocenters. The summed E-state index contributed by atoms with van der Waals surface area (Å²) in [5.74, 6) is 1.14. The lowest BCUT2D eigenvalue weighted by Crippen LogP contribution is -2.27. The second kappa shape index (κ2) is 6.43. The predicted octanol–water partition coefficient (Wildman–Crippen LogP) is 2.15. The molecular formula is C14H21N5. The van der Waals surface area contributed by atoms with Crippen molar-refractivity contribution in [3.05, 3.63) is 30.3 Å². The molecule has 5 nitrogen and oxygen atoms in total. The van der Waals surface area contributed by atoms with Gasteiger partial charge < -0.3 is 5.32 Å². The van der Waals surface area contributed by atoms with Crippen molar-refractivity contribution < 1.29 is 0 Å². The van der Waals surface area contributed by atoms with Crippen molar-refractivity contribution in [1.82, 2.24) is 25.5 Å². The average molecular weight is 259 g/mol. The standard InChI is InChI=1S/C14H21N5/c1-4-15-10-11(2)12(3)19-17-14(16-18-19)13-8-6-5-7-9-13/h5-9,11-12,15H,4,10H2,1-3H3. The van der Waals surface area contributed by atoms with Crippen LogP contribution in [0.5, 0.6) is 0 Å². The fourth-order valence-electron chi connectivity index (χ4n) is 1.87. The Labute approximate surface area is 114 Å². The zero-order chi connectivity index (χ0) is 13.7. The van der Waals surface area contributed by atoms with E-state index in [-0.39, 0.29) is 6.04 Å². The predicted molar refractivity (Wildman–Crippen MR) is 75.7 cm³/mol. The molecule has 0 aliphatic heterocycles. The van der Waals surface area contributed by atoms with Gasteiger partial charge in [-0.05, 0) is 31.1 Å². The maximum atomic E-state index is 4.48. The van der Waals surface area contributed by atoms with E-state index in [9.17, 15) is 0 Å². The van der Waals surface area contributed by atoms with Gasteiger partial charge in [-0.25, -0.2) is 0 Å². The number of nitrogens with zero attached hydrogens (tertiary/aromatic N) is 4. The van der Waals surface area contributed by atoms with Gasteiger partial charge in [0, 0.05) is 5.56 Å². The number of hydrogen-bond acceptors (Lipinski definition) is 4. The van der Waals surface area contributed by atoms with Crippen molar-refractivity contribution >= 4 is 0 Å². The maximum absolute atomic E-state index is 4.48. The summed E-state index contributed by atoms with van der Waals surface area (Å²) in [6, 6.07) is 10.2. The molecule has 1 aromatic heterocycles. The largest absolute Gasteiger partial charge is 0.317 e. The van der Waals surface area contributed by atoms with Crippen LogP contribution in [0.4, 0.5) is 0 Å². The van der Waals surface area contributed by atoms with Crippen molar-refractivity contribution in [1.29, 1.82) is 0 Å². The van der Waals surface area contributed by atoms with Crippen molar-refractivity contribution in [3.8, 4) is 11.4 Å². The average Bonchev–Trinajstić information content (AvgIpc) is 2.94. The number of aromatic nitrogens is 4. The van der Waals surface area contributed by atoms with Crippen LogP contribution in [0.3, 0.4) is 0 Å². The molecule has 0 aliphatic rings. The quantitative estimate of drug-likeness (QED) is 0.863. The summed E-state index contributed by atoms with van der Waals surface area (Å²) in [5.41, 5.74) is 1.00. The fourth-order valence-corrected chi connectivity index (χ4v) is 1.87. The van der Waals surface area contributed by atoms with Gasteiger partial charge >= 0.3 is 0 Å². The van der Waals surface area contributed by atoms with Crippen molar-refractivity contribution in [2.45, 2.75) is 26.8 Å². The molecule has 2 atom stereocenters. The van der Waals surface area contributed by atoms with Gasteiger partial charge in [-0.2, -0.15) is 4.80 Å². The molecule has 0 aliphatic carbocycles. The van der Waals surface area contributed by atoms with E-state index >= 15 is 0 Å². The molecule has 1 N–H and O–H groups in total. The van der Waals surface area contributed by atoms with Gasteiger partial charge in [0.05, 0.1) is 6.04 Å². The monoisotopic (exact) mass is 259 g/mol. The zero-order valence-electron chi connectivity index (χ0n) is 11.7. The van der Waals surface area contributed by atoms with Crippen LogP contribution in [0.1, 0.15) is 26.8 Å². The Kier molecular flexibility index (Phi) is 4.63. The summed E-state index contributed by atoms with van der Waals surface area (Å²) < 4.78 is 0. The van der Waals surface area contributed by atoms with Crippen LogP contribution in [0.2, 0.25) is 0 Å². The number of hydrogen-bond donors (Lipinski definition) is 1. The van der Waals surface area contributed by atoms with E-state index in [0.29, 0.717) is 11.7 Å². The third-order valence-electron chi connectivity index (χ3n) is 3.36. The van der Waals surface area contributed by atoms with Gasteiger partial charge in [-0.15, -0.1) is 10.2 Å². The Balaban J connectivity index is 2.08. The minimum absolute atomic E-state index is 0.226. The van der Waals surface area contributed by atoms with Crippen LogP contribution in [0.15, 0.2) is 30.3 Å². The van der Waals surface area contributed by atoms with Gasteiger partial charge in [-0.3, -0.25) is 0 Å². The molecule has 0 bridgehead atoms. The molecular weight excluding hydrogens is 238 g/mol. The second-order valence-corrected chi connectivity index (χ2v) is 4.83. The molecule has 102 valence electrons. The maximum Gasteiger partial charge on any atom is 0.204 e. The Hall–Kier alpha value is -1.75. The van der Waals surface area contributed by atoms with E-state index in [4.69, 9.17) is 0 Å². The Morgan fingerprint density at radius 2 is 1.95 bits per heavy atom. The first-order valence-electron chi connectivity index (χ1n) is 6.78. The lowest BCUT2D eigenvalue weighted by molar-refractivity contribution is 0.306. The molecule has 2 rings (SSSR count). The molecule has 0 saturated carbocycles. The Morgan fingerprint density at radius 3 is 2.63 bits per heavy atom. The topological polar surface area (TPSA) is 55.6 Å². The van der Waals surface area contributed by atoms with Crippen LogP contribution < -0.4 is 5.32 Å². The van der Waals surface area contributed by atoms with E-state index < -0.39 is 0 Å². The van der Waals surface area contributed by atoms with Crippen molar-refractivity contribution in [2.75, 3.05) is 13.1 Å². The lowest BCUT2D eigenvalue weighted by atomic mass is 10.0. The van der Waals surface area contributed by atoms with Crippen LogP contribution in [-0.4, -0.2) is 33.3 Å². The summed E-state index contributed by atoms with van der Waals surface area (Å²) in [4.78, 5) is 1.71. The molecule has 0 radical (unpaired) electrons. The molecule has 5 heteroatoms. The minimum atomic E-state index is 0.226. The highest BCUT2D eigenvalue weighted by atomic mass is 15.6. The molecule has 1 heterocycles. The second-order valence-electron chi connectivity index (χ2n) is 4.83. The third kappa shape index (κ3) is 3.38. The van der Waals surface area contributed by atoms with E-state index in [1.807, 2.05) is 30.3 Å². The zero-order valence-corrected chi connectivity index (χ0v) is 11.7. The number of rotatable bonds is 6. The molecule has 0 saturated heterocycles. The summed E-state index contributed by atoms with van der Waals surface area (Å²) in [5, 5.41) is 16.1. The third-order valence-corrected chi connectivity index (χ3v) is 3.36. The van der Waals surface area contributed by atoms with E-state index in [0.717, 1.165) is 18.7 Å². The SMILES string of the molecule is CCNCC(C)C(C)n1nnc(-c2ccccc2)n1. The number of benzene rings is 1. The highest BCUT2D eigenvalue weighted by Crippen LogP contribution is 2.17. The van der Waals surface area contributed by atoms with E-state index in [1.165, 1.54) is 0 Å². The molecule has 0 spiro atoms.